The fraction of sp³-hybridized carbons (Fsp3) is 0.682. The number of amides is 1. The molecule has 1 atom stereocenters. The highest BCUT2D eigenvalue weighted by Gasteiger charge is 2.30. The van der Waals surface area contributed by atoms with E-state index in [-0.39, 0.29) is 36.0 Å². The fourth-order valence-corrected chi connectivity index (χ4v) is 4.38. The van der Waals surface area contributed by atoms with Crippen molar-refractivity contribution in [2.75, 3.05) is 57.3 Å². The van der Waals surface area contributed by atoms with Gasteiger partial charge in [0.15, 0.2) is 5.96 Å². The minimum atomic E-state index is -0.227. The van der Waals surface area contributed by atoms with Gasteiger partial charge in [0.25, 0.3) is 5.91 Å². The summed E-state index contributed by atoms with van der Waals surface area (Å²) in [5, 5.41) is 3.41. The van der Waals surface area contributed by atoms with Gasteiger partial charge in [0.05, 0.1) is 6.54 Å². The molecule has 3 aliphatic rings. The van der Waals surface area contributed by atoms with Crippen LogP contribution in [0.1, 0.15) is 38.2 Å². The van der Waals surface area contributed by atoms with E-state index in [4.69, 9.17) is 9.73 Å². The number of hydrogen-bond donors (Lipinski definition) is 1. The smallest absolute Gasteiger partial charge is 0.251 e. The van der Waals surface area contributed by atoms with Crippen LogP contribution < -0.4 is 10.2 Å². The van der Waals surface area contributed by atoms with Crippen LogP contribution >= 0.6 is 24.0 Å². The topological polar surface area (TPSA) is 73.3 Å². The standard InChI is InChI=1S/C22H34N6O2.HI/c1-2-23-22(25-17-18-7-8-24-20(16-18)26-9-3-4-10-26)28-13-11-27(12-14-28)21(29)19-6-5-15-30-19;/h7-8,16,19H,2-6,9-15,17H2,1H3,(H,23,25);1H. The molecular weight excluding hydrogens is 507 g/mol. The minimum Gasteiger partial charge on any atom is -0.368 e. The lowest BCUT2D eigenvalue weighted by Crippen LogP contribution is -2.55. The van der Waals surface area contributed by atoms with Crippen molar-refractivity contribution < 1.29 is 9.53 Å². The van der Waals surface area contributed by atoms with Gasteiger partial charge >= 0.3 is 0 Å². The van der Waals surface area contributed by atoms with Crippen molar-refractivity contribution in [3.63, 3.8) is 0 Å². The molecule has 0 aromatic carbocycles. The maximum atomic E-state index is 12.6. The summed E-state index contributed by atoms with van der Waals surface area (Å²) < 4.78 is 5.57. The summed E-state index contributed by atoms with van der Waals surface area (Å²) in [5.74, 6) is 2.13. The molecular formula is C22H35IN6O2. The molecule has 0 aliphatic carbocycles. The summed E-state index contributed by atoms with van der Waals surface area (Å²) in [4.78, 5) is 28.5. The summed E-state index contributed by atoms with van der Waals surface area (Å²) in [7, 11) is 0. The maximum absolute atomic E-state index is 12.6. The third-order valence-corrected chi connectivity index (χ3v) is 6.08. The highest BCUT2D eigenvalue weighted by molar-refractivity contribution is 14.0. The second-order valence-electron chi connectivity index (χ2n) is 8.20. The molecule has 172 valence electrons. The van der Waals surface area contributed by atoms with Gasteiger partial charge in [-0.3, -0.25) is 4.79 Å². The first-order valence-electron chi connectivity index (χ1n) is 11.4. The predicted octanol–water partition coefficient (Wildman–Crippen LogP) is 2.09. The number of ether oxygens (including phenoxy) is 1. The van der Waals surface area contributed by atoms with Crippen molar-refractivity contribution in [1.82, 2.24) is 20.1 Å². The van der Waals surface area contributed by atoms with E-state index in [1.165, 1.54) is 18.4 Å². The van der Waals surface area contributed by atoms with Crippen molar-refractivity contribution in [3.05, 3.63) is 23.9 Å². The summed E-state index contributed by atoms with van der Waals surface area (Å²) in [6.45, 7) is 9.46. The lowest BCUT2D eigenvalue weighted by atomic mass is 10.2. The van der Waals surface area contributed by atoms with E-state index in [0.717, 1.165) is 70.4 Å². The van der Waals surface area contributed by atoms with Gasteiger partial charge in [-0.25, -0.2) is 9.98 Å². The number of halogens is 1. The van der Waals surface area contributed by atoms with Gasteiger partial charge in [-0.2, -0.15) is 0 Å². The number of pyridine rings is 1. The molecule has 0 saturated carbocycles. The van der Waals surface area contributed by atoms with Crippen molar-refractivity contribution >= 4 is 41.7 Å². The molecule has 0 spiro atoms. The van der Waals surface area contributed by atoms with Crippen molar-refractivity contribution in [3.8, 4) is 0 Å². The Hall–Kier alpha value is -1.62. The van der Waals surface area contributed by atoms with Crippen LogP contribution in [0.25, 0.3) is 0 Å². The van der Waals surface area contributed by atoms with Gasteiger partial charge in [-0.15, -0.1) is 24.0 Å². The lowest BCUT2D eigenvalue weighted by molar-refractivity contribution is -0.142. The molecule has 3 fully saturated rings. The van der Waals surface area contributed by atoms with Crippen molar-refractivity contribution in [2.24, 2.45) is 4.99 Å². The first-order chi connectivity index (χ1) is 14.7. The SMILES string of the molecule is CCNC(=NCc1ccnc(N2CCCC2)c1)N1CCN(C(=O)C2CCCO2)CC1.I. The van der Waals surface area contributed by atoms with Crippen LogP contribution in [0.3, 0.4) is 0 Å². The number of anilines is 1. The average molecular weight is 542 g/mol. The van der Waals surface area contributed by atoms with Crippen LogP contribution in [0.4, 0.5) is 5.82 Å². The minimum absolute atomic E-state index is 0. The van der Waals surface area contributed by atoms with Crippen LogP contribution in [-0.2, 0) is 16.1 Å². The second-order valence-corrected chi connectivity index (χ2v) is 8.20. The second kappa shape index (κ2) is 11.8. The molecule has 0 bridgehead atoms. The van der Waals surface area contributed by atoms with E-state index in [1.54, 1.807) is 0 Å². The Morgan fingerprint density at radius 2 is 1.90 bits per heavy atom. The molecule has 0 radical (unpaired) electrons. The number of hydrogen-bond acceptors (Lipinski definition) is 5. The van der Waals surface area contributed by atoms with E-state index < -0.39 is 0 Å². The first kappa shape index (κ1) is 24.0. The molecule has 3 aliphatic heterocycles. The van der Waals surface area contributed by atoms with Gasteiger partial charge < -0.3 is 24.8 Å². The van der Waals surface area contributed by atoms with Gasteiger partial charge in [-0.1, -0.05) is 0 Å². The number of rotatable bonds is 5. The van der Waals surface area contributed by atoms with E-state index >= 15 is 0 Å². The van der Waals surface area contributed by atoms with Gasteiger partial charge in [0, 0.05) is 58.6 Å². The zero-order valence-electron chi connectivity index (χ0n) is 18.5. The van der Waals surface area contributed by atoms with Crippen LogP contribution in [0.2, 0.25) is 0 Å². The van der Waals surface area contributed by atoms with E-state index in [9.17, 15) is 4.79 Å². The lowest BCUT2D eigenvalue weighted by Gasteiger charge is -2.37. The van der Waals surface area contributed by atoms with Gasteiger partial charge in [0.1, 0.15) is 11.9 Å². The Kier molecular flexibility index (Phi) is 9.18. The molecule has 4 heterocycles. The molecule has 31 heavy (non-hydrogen) atoms. The van der Waals surface area contributed by atoms with E-state index in [1.807, 2.05) is 17.2 Å². The quantitative estimate of drug-likeness (QED) is 0.349. The molecule has 1 aromatic rings. The van der Waals surface area contributed by atoms with E-state index in [0.29, 0.717) is 13.2 Å². The third-order valence-electron chi connectivity index (χ3n) is 6.08. The molecule has 1 amide bonds. The largest absolute Gasteiger partial charge is 0.368 e. The fourth-order valence-electron chi connectivity index (χ4n) is 4.38. The van der Waals surface area contributed by atoms with Crippen molar-refractivity contribution in [1.29, 1.82) is 0 Å². The van der Waals surface area contributed by atoms with Crippen LogP contribution in [0.15, 0.2) is 23.3 Å². The third kappa shape index (κ3) is 6.21. The Morgan fingerprint density at radius 1 is 1.16 bits per heavy atom. The Labute approximate surface area is 202 Å². The molecule has 3 saturated heterocycles. The number of carbonyl (C=O) groups is 1. The highest BCUT2D eigenvalue weighted by atomic mass is 127. The monoisotopic (exact) mass is 542 g/mol. The van der Waals surface area contributed by atoms with Gasteiger partial charge in [-0.05, 0) is 50.3 Å². The summed E-state index contributed by atoms with van der Waals surface area (Å²) in [6, 6.07) is 4.21. The zero-order chi connectivity index (χ0) is 20.8. The Morgan fingerprint density at radius 3 is 2.58 bits per heavy atom. The van der Waals surface area contributed by atoms with E-state index in [2.05, 4.69) is 33.1 Å². The Balaban J connectivity index is 0.00000272. The number of piperazine rings is 1. The molecule has 8 nitrogen and oxygen atoms in total. The molecule has 4 rings (SSSR count). The molecule has 1 N–H and O–H groups in total. The predicted molar refractivity (Wildman–Crippen MR) is 133 cm³/mol. The number of guanidine groups is 1. The number of aliphatic imine (C=N–C) groups is 1. The molecule has 1 unspecified atom stereocenters. The number of nitrogens with zero attached hydrogens (tertiary/aromatic N) is 5. The first-order valence-corrected chi connectivity index (χ1v) is 11.4. The number of carbonyl (C=O) groups excluding carboxylic acids is 1. The van der Waals surface area contributed by atoms with Gasteiger partial charge in [0.2, 0.25) is 0 Å². The zero-order valence-corrected chi connectivity index (χ0v) is 20.8. The summed E-state index contributed by atoms with van der Waals surface area (Å²) >= 11 is 0. The normalized spacial score (nSPS) is 21.9. The van der Waals surface area contributed by atoms with Crippen molar-refractivity contribution in [2.45, 2.75) is 45.3 Å². The molecule has 1 aromatic heterocycles. The average Bonchev–Trinajstić information content (AvgIpc) is 3.51. The number of aromatic nitrogens is 1. The maximum Gasteiger partial charge on any atom is 0.251 e. The number of nitrogens with one attached hydrogen (secondary N) is 1. The summed E-state index contributed by atoms with van der Waals surface area (Å²) in [6.07, 6.45) is 6.00. The highest BCUT2D eigenvalue weighted by Crippen LogP contribution is 2.19. The van der Waals surface area contributed by atoms with Crippen LogP contribution in [0.5, 0.6) is 0 Å². The molecule has 9 heteroatoms. The summed E-state index contributed by atoms with van der Waals surface area (Å²) in [5.41, 5.74) is 1.18. The Bertz CT molecular complexity index is 741. The van der Waals surface area contributed by atoms with Crippen LogP contribution in [-0.4, -0.2) is 85.2 Å². The van der Waals surface area contributed by atoms with Crippen LogP contribution in [0, 0.1) is 0 Å².